The third kappa shape index (κ3) is 3.66. The van der Waals surface area contributed by atoms with Gasteiger partial charge in [-0.1, -0.05) is 0 Å². The van der Waals surface area contributed by atoms with Gasteiger partial charge in [-0.25, -0.2) is 9.37 Å². The molecule has 2 aliphatic rings. The summed E-state index contributed by atoms with van der Waals surface area (Å²) in [5.74, 6) is -0.661. The van der Waals surface area contributed by atoms with Crippen LogP contribution in [0.25, 0.3) is 28.2 Å². The second-order valence-corrected chi connectivity index (χ2v) is 10.2. The molecule has 0 aromatic carbocycles. The molecule has 2 fully saturated rings. The third-order valence-electron chi connectivity index (χ3n) is 7.93. The van der Waals surface area contributed by atoms with Crippen LogP contribution in [0.3, 0.4) is 0 Å². The van der Waals surface area contributed by atoms with Gasteiger partial charge in [0.05, 0.1) is 17.5 Å². The Morgan fingerprint density at radius 3 is 2.62 bits per heavy atom. The van der Waals surface area contributed by atoms with Crippen LogP contribution in [0.5, 0.6) is 0 Å². The monoisotopic (exact) mass is 541 g/mol. The van der Waals surface area contributed by atoms with Crippen molar-refractivity contribution in [1.82, 2.24) is 49.9 Å². The van der Waals surface area contributed by atoms with E-state index in [1.807, 2.05) is 4.90 Å². The number of fused-ring (bicyclic) bond motifs is 3. The predicted molar refractivity (Wildman–Crippen MR) is 140 cm³/mol. The van der Waals surface area contributed by atoms with E-state index in [2.05, 4.69) is 35.5 Å². The number of nitrogens with two attached hydrogens (primary N) is 1. The SMILES string of the molecule is CC(=O)c1c([C@H]2C[C@H]3CC[C@@H](C2)N3C(=O)c2nnc[nH]2)nc2c(-c3cnc(-c4cc[nH]n4)c(F)c3)cnn2c1N. The summed E-state index contributed by atoms with van der Waals surface area (Å²) in [5.41, 5.74) is 9.32. The first-order chi connectivity index (χ1) is 19.4. The summed E-state index contributed by atoms with van der Waals surface area (Å²) in [6.07, 6.45) is 9.00. The fourth-order valence-corrected chi connectivity index (χ4v) is 6.22. The number of hydrogen-bond acceptors (Lipinski definition) is 9. The molecule has 0 unspecified atom stereocenters. The molecule has 0 spiro atoms. The summed E-state index contributed by atoms with van der Waals surface area (Å²) in [4.78, 5) is 39.8. The van der Waals surface area contributed by atoms with Crippen LogP contribution in [0.2, 0.25) is 0 Å². The fourth-order valence-electron chi connectivity index (χ4n) is 6.22. The number of carbonyl (C=O) groups is 2. The van der Waals surface area contributed by atoms with E-state index in [0.29, 0.717) is 46.6 Å². The molecule has 202 valence electrons. The van der Waals surface area contributed by atoms with Crippen molar-refractivity contribution in [3.8, 4) is 22.5 Å². The van der Waals surface area contributed by atoms with Gasteiger partial charge in [0.15, 0.2) is 17.2 Å². The van der Waals surface area contributed by atoms with Gasteiger partial charge in [-0.3, -0.25) is 19.7 Å². The number of anilines is 1. The lowest BCUT2D eigenvalue weighted by Crippen LogP contribution is -2.46. The van der Waals surface area contributed by atoms with Crippen LogP contribution in [0.15, 0.2) is 37.1 Å². The van der Waals surface area contributed by atoms with Crippen molar-refractivity contribution in [2.75, 3.05) is 5.73 Å². The quantitative estimate of drug-likeness (QED) is 0.282. The third-order valence-corrected chi connectivity index (χ3v) is 7.93. The molecule has 0 aliphatic carbocycles. The highest BCUT2D eigenvalue weighted by Crippen LogP contribution is 2.45. The Bertz CT molecular complexity index is 1750. The molecule has 0 radical (unpaired) electrons. The van der Waals surface area contributed by atoms with Gasteiger partial charge >= 0.3 is 0 Å². The summed E-state index contributed by atoms with van der Waals surface area (Å²) in [5, 5.41) is 18.7. The molecule has 7 heterocycles. The molecule has 7 rings (SSSR count). The number of pyridine rings is 1. The summed E-state index contributed by atoms with van der Waals surface area (Å²) in [6, 6.07) is 2.93. The zero-order chi connectivity index (χ0) is 27.5. The van der Waals surface area contributed by atoms with Crippen LogP contribution in [0.4, 0.5) is 10.2 Å². The lowest BCUT2D eigenvalue weighted by atomic mass is 9.85. The van der Waals surface area contributed by atoms with E-state index in [1.165, 1.54) is 30.0 Å². The Kier molecular flexibility index (Phi) is 5.43. The van der Waals surface area contributed by atoms with Crippen LogP contribution in [-0.2, 0) is 0 Å². The molecule has 40 heavy (non-hydrogen) atoms. The number of piperidine rings is 1. The van der Waals surface area contributed by atoms with Gasteiger partial charge < -0.3 is 15.6 Å². The molecule has 0 saturated carbocycles. The van der Waals surface area contributed by atoms with Gasteiger partial charge in [0.2, 0.25) is 5.82 Å². The molecule has 4 N–H and O–H groups in total. The highest BCUT2D eigenvalue weighted by Gasteiger charge is 2.45. The number of amides is 1. The van der Waals surface area contributed by atoms with Crippen molar-refractivity contribution >= 4 is 23.2 Å². The molecule has 1 amide bonds. The smallest absolute Gasteiger partial charge is 0.292 e. The topological polar surface area (TPSA) is 177 Å². The van der Waals surface area contributed by atoms with E-state index in [-0.39, 0.29) is 47.0 Å². The maximum Gasteiger partial charge on any atom is 0.292 e. The average Bonchev–Trinajstić information content (AvgIpc) is 3.75. The summed E-state index contributed by atoms with van der Waals surface area (Å²) < 4.78 is 16.5. The lowest BCUT2D eigenvalue weighted by Gasteiger charge is -2.38. The zero-order valence-corrected chi connectivity index (χ0v) is 21.4. The number of carbonyl (C=O) groups excluding carboxylic acids is 2. The highest BCUT2D eigenvalue weighted by molar-refractivity contribution is 6.00. The molecular formula is C26H24FN11O2. The molecule has 13 nitrogen and oxygen atoms in total. The van der Waals surface area contributed by atoms with E-state index in [0.717, 1.165) is 12.8 Å². The minimum absolute atomic E-state index is 0.0299. The molecule has 2 aliphatic heterocycles. The minimum Gasteiger partial charge on any atom is -0.383 e. The first kappa shape index (κ1) is 24.1. The first-order valence-corrected chi connectivity index (χ1v) is 12.9. The molecule has 2 bridgehead atoms. The summed E-state index contributed by atoms with van der Waals surface area (Å²) in [6.45, 7) is 1.46. The average molecular weight is 542 g/mol. The molecular weight excluding hydrogens is 517 g/mol. The van der Waals surface area contributed by atoms with E-state index in [1.54, 1.807) is 18.5 Å². The molecule has 3 atom stereocenters. The number of nitrogens with zero attached hydrogens (tertiary/aromatic N) is 8. The van der Waals surface area contributed by atoms with Crippen LogP contribution in [0, 0.1) is 5.82 Å². The number of hydrogen-bond donors (Lipinski definition) is 3. The highest BCUT2D eigenvalue weighted by atomic mass is 19.1. The maximum absolute atomic E-state index is 15.0. The maximum atomic E-state index is 15.0. The summed E-state index contributed by atoms with van der Waals surface area (Å²) >= 11 is 0. The zero-order valence-electron chi connectivity index (χ0n) is 21.4. The number of rotatable bonds is 5. The van der Waals surface area contributed by atoms with Gasteiger partial charge in [0, 0.05) is 41.5 Å². The van der Waals surface area contributed by atoms with Crippen molar-refractivity contribution in [3.05, 3.63) is 59.9 Å². The number of Topliss-reactive ketones (excluding diaryl/α,β-unsaturated/α-hetero) is 1. The van der Waals surface area contributed by atoms with E-state index in [4.69, 9.17) is 10.7 Å². The normalized spacial score (nSPS) is 20.4. The van der Waals surface area contributed by atoms with Crippen molar-refractivity contribution in [3.63, 3.8) is 0 Å². The molecule has 2 saturated heterocycles. The fraction of sp³-hybridized carbons (Fsp3) is 0.308. The Morgan fingerprint density at radius 1 is 1.18 bits per heavy atom. The van der Waals surface area contributed by atoms with Crippen LogP contribution < -0.4 is 5.73 Å². The van der Waals surface area contributed by atoms with Crippen LogP contribution in [0.1, 0.15) is 65.2 Å². The Labute approximate surface area is 226 Å². The minimum atomic E-state index is -0.544. The number of H-pyrrole nitrogens is 2. The standard InChI is InChI=1S/C26H24FN11O2/c1-12(39)20-21(13-6-15-2-3-16(7-13)37(15)26(40)24-30-11-32-36-24)34-25-17(10-33-38(25)23(20)28)14-8-18(27)22(29-9-14)19-4-5-31-35-19/h4-5,8-11,13,15-16H,2-3,6-7,28H2,1H3,(H,31,35)(H,30,32,36)/t13-,15+,16-. The second-order valence-electron chi connectivity index (χ2n) is 10.2. The first-order valence-electron chi connectivity index (χ1n) is 12.9. The van der Waals surface area contributed by atoms with E-state index in [9.17, 15) is 9.59 Å². The lowest BCUT2D eigenvalue weighted by molar-refractivity contribution is 0.0556. The Hall–Kier alpha value is -5.01. The van der Waals surface area contributed by atoms with Crippen LogP contribution in [-0.4, -0.2) is 73.6 Å². The van der Waals surface area contributed by atoms with Gasteiger partial charge in [0.25, 0.3) is 5.91 Å². The van der Waals surface area contributed by atoms with Gasteiger partial charge in [0.1, 0.15) is 23.5 Å². The predicted octanol–water partition coefficient (Wildman–Crippen LogP) is 2.77. The van der Waals surface area contributed by atoms with Crippen molar-refractivity contribution in [2.24, 2.45) is 0 Å². The molecule has 5 aromatic heterocycles. The van der Waals surface area contributed by atoms with Crippen molar-refractivity contribution < 1.29 is 14.0 Å². The number of aromatic amines is 2. The number of aromatic nitrogens is 9. The number of nitrogens with one attached hydrogen (secondary N) is 2. The number of halogens is 1. The Balaban J connectivity index is 1.28. The number of nitrogen functional groups attached to an aromatic ring is 1. The number of ketones is 1. The largest absolute Gasteiger partial charge is 0.383 e. The molecule has 14 heteroatoms. The summed E-state index contributed by atoms with van der Waals surface area (Å²) in [7, 11) is 0. The van der Waals surface area contributed by atoms with E-state index >= 15 is 4.39 Å². The van der Waals surface area contributed by atoms with Gasteiger partial charge in [-0.2, -0.15) is 14.7 Å². The van der Waals surface area contributed by atoms with Gasteiger partial charge in [-0.15, -0.1) is 10.2 Å². The van der Waals surface area contributed by atoms with Crippen LogP contribution >= 0.6 is 0 Å². The van der Waals surface area contributed by atoms with Crippen molar-refractivity contribution in [1.29, 1.82) is 0 Å². The second kappa shape index (κ2) is 9.03. The van der Waals surface area contributed by atoms with E-state index < -0.39 is 5.82 Å². The Morgan fingerprint density at radius 2 is 1.98 bits per heavy atom. The van der Waals surface area contributed by atoms with Gasteiger partial charge in [-0.05, 0) is 44.7 Å². The molecule has 5 aromatic rings. The van der Waals surface area contributed by atoms with Crippen molar-refractivity contribution in [2.45, 2.75) is 50.6 Å².